The highest BCUT2D eigenvalue weighted by Crippen LogP contribution is 2.19. The van der Waals surface area contributed by atoms with E-state index in [1.807, 2.05) is 19.9 Å². The maximum absolute atomic E-state index is 12.2. The highest BCUT2D eigenvalue weighted by Gasteiger charge is 2.28. The van der Waals surface area contributed by atoms with Gasteiger partial charge in [-0.3, -0.25) is 9.59 Å². The largest absolute Gasteiger partial charge is 0.481 e. The van der Waals surface area contributed by atoms with Gasteiger partial charge in [-0.15, -0.1) is 0 Å². The molecule has 7 heteroatoms. The molecule has 2 rings (SSSR count). The average Bonchev–Trinajstić information content (AvgIpc) is 2.44. The van der Waals surface area contributed by atoms with Crippen LogP contribution in [0.2, 0.25) is 0 Å². The summed E-state index contributed by atoms with van der Waals surface area (Å²) in [5.74, 6) is -1.06. The molecule has 1 unspecified atom stereocenters. The van der Waals surface area contributed by atoms with Crippen molar-refractivity contribution in [2.24, 2.45) is 5.92 Å². The molecule has 1 fully saturated rings. The standard InChI is InChI=1S/C14H19N3O3S/c1-9-6-10(2)16-14(15-9)21-8-12(18)17-5-3-4-11(7-17)13(19)20/h6,11H,3-5,7-8H2,1-2H3,(H,19,20). The summed E-state index contributed by atoms with van der Waals surface area (Å²) >= 11 is 1.30. The highest BCUT2D eigenvalue weighted by atomic mass is 32.2. The minimum absolute atomic E-state index is 0.0475. The second-order valence-electron chi connectivity index (χ2n) is 5.24. The monoisotopic (exact) mass is 309 g/mol. The lowest BCUT2D eigenvalue weighted by atomic mass is 9.98. The maximum Gasteiger partial charge on any atom is 0.308 e. The molecule has 1 aromatic heterocycles. The Morgan fingerprint density at radius 3 is 2.67 bits per heavy atom. The Hall–Kier alpha value is -1.63. The zero-order chi connectivity index (χ0) is 15.4. The molecule has 1 aliphatic rings. The number of hydrogen-bond donors (Lipinski definition) is 1. The van der Waals surface area contributed by atoms with Crippen LogP contribution < -0.4 is 0 Å². The molecule has 1 saturated heterocycles. The number of likely N-dealkylation sites (tertiary alicyclic amines) is 1. The number of amides is 1. The molecule has 0 radical (unpaired) electrons. The van der Waals surface area contributed by atoms with Crippen LogP contribution >= 0.6 is 11.8 Å². The number of carboxylic acids is 1. The molecule has 2 heterocycles. The molecule has 0 spiro atoms. The fourth-order valence-corrected chi connectivity index (χ4v) is 3.23. The highest BCUT2D eigenvalue weighted by molar-refractivity contribution is 7.99. The smallest absolute Gasteiger partial charge is 0.308 e. The number of piperidine rings is 1. The Kier molecular flexibility index (Phi) is 5.17. The average molecular weight is 309 g/mol. The number of rotatable bonds is 4. The van der Waals surface area contributed by atoms with Crippen molar-refractivity contribution < 1.29 is 14.7 Å². The molecule has 6 nitrogen and oxygen atoms in total. The summed E-state index contributed by atoms with van der Waals surface area (Å²) in [6, 6.07) is 1.88. The molecule has 1 amide bonds. The molecule has 1 N–H and O–H groups in total. The summed E-state index contributed by atoms with van der Waals surface area (Å²) in [4.78, 5) is 33.4. The summed E-state index contributed by atoms with van der Waals surface area (Å²) < 4.78 is 0. The van der Waals surface area contributed by atoms with Gasteiger partial charge in [0.2, 0.25) is 5.91 Å². The Morgan fingerprint density at radius 1 is 1.38 bits per heavy atom. The van der Waals surface area contributed by atoms with Crippen LogP contribution in [-0.2, 0) is 9.59 Å². The van der Waals surface area contributed by atoms with Gasteiger partial charge in [-0.1, -0.05) is 11.8 Å². The number of aryl methyl sites for hydroxylation is 2. The molecular formula is C14H19N3O3S. The molecule has 114 valence electrons. The van der Waals surface area contributed by atoms with Crippen molar-refractivity contribution in [3.8, 4) is 0 Å². The summed E-state index contributed by atoms with van der Waals surface area (Å²) in [5.41, 5.74) is 1.75. The van der Waals surface area contributed by atoms with Crippen LogP contribution in [0.5, 0.6) is 0 Å². The van der Waals surface area contributed by atoms with Crippen molar-refractivity contribution in [1.82, 2.24) is 14.9 Å². The minimum atomic E-state index is -0.821. The first-order valence-electron chi connectivity index (χ1n) is 6.91. The first-order valence-corrected chi connectivity index (χ1v) is 7.90. The van der Waals surface area contributed by atoms with E-state index in [4.69, 9.17) is 5.11 Å². The van der Waals surface area contributed by atoms with Crippen molar-refractivity contribution in [2.75, 3.05) is 18.8 Å². The Bertz CT molecular complexity index is 530. The molecule has 1 aliphatic heterocycles. The van der Waals surface area contributed by atoms with Gasteiger partial charge in [-0.25, -0.2) is 9.97 Å². The second-order valence-corrected chi connectivity index (χ2v) is 6.18. The van der Waals surface area contributed by atoms with Gasteiger partial charge in [-0.05, 0) is 32.8 Å². The number of thioether (sulfide) groups is 1. The quantitative estimate of drug-likeness (QED) is 0.670. The lowest BCUT2D eigenvalue weighted by Gasteiger charge is -2.30. The predicted octanol–water partition coefficient (Wildman–Crippen LogP) is 1.51. The third kappa shape index (κ3) is 4.42. The number of hydrogen-bond acceptors (Lipinski definition) is 5. The van der Waals surface area contributed by atoms with E-state index in [0.717, 1.165) is 17.8 Å². The SMILES string of the molecule is Cc1cc(C)nc(SCC(=O)N2CCCC(C(=O)O)C2)n1. The van der Waals surface area contributed by atoms with E-state index in [-0.39, 0.29) is 11.7 Å². The summed E-state index contributed by atoms with van der Waals surface area (Å²) in [6.45, 7) is 4.73. The van der Waals surface area contributed by atoms with E-state index in [9.17, 15) is 9.59 Å². The van der Waals surface area contributed by atoms with Crippen LogP contribution in [0.3, 0.4) is 0 Å². The topological polar surface area (TPSA) is 83.4 Å². The van der Waals surface area contributed by atoms with Gasteiger partial charge in [-0.2, -0.15) is 0 Å². The van der Waals surface area contributed by atoms with Crippen molar-refractivity contribution in [3.05, 3.63) is 17.5 Å². The van der Waals surface area contributed by atoms with Crippen LogP contribution in [0.15, 0.2) is 11.2 Å². The van der Waals surface area contributed by atoms with Crippen molar-refractivity contribution in [2.45, 2.75) is 31.8 Å². The molecular weight excluding hydrogens is 290 g/mol. The van der Waals surface area contributed by atoms with Gasteiger partial charge in [0.05, 0.1) is 11.7 Å². The van der Waals surface area contributed by atoms with E-state index < -0.39 is 11.9 Å². The molecule has 21 heavy (non-hydrogen) atoms. The van der Waals surface area contributed by atoms with Gasteiger partial charge in [0.1, 0.15) is 0 Å². The van der Waals surface area contributed by atoms with Crippen LogP contribution in [0.25, 0.3) is 0 Å². The normalized spacial score (nSPS) is 18.6. The molecule has 0 aromatic carbocycles. The van der Waals surface area contributed by atoms with Gasteiger partial charge < -0.3 is 10.0 Å². The fraction of sp³-hybridized carbons (Fsp3) is 0.571. The predicted molar refractivity (Wildman–Crippen MR) is 79.2 cm³/mol. The zero-order valence-electron chi connectivity index (χ0n) is 12.2. The third-order valence-electron chi connectivity index (χ3n) is 3.41. The van der Waals surface area contributed by atoms with Gasteiger partial charge >= 0.3 is 5.97 Å². The molecule has 0 saturated carbocycles. The second kappa shape index (κ2) is 6.89. The van der Waals surface area contributed by atoms with Crippen LogP contribution in [0.1, 0.15) is 24.2 Å². The molecule has 1 atom stereocenters. The molecule has 0 bridgehead atoms. The minimum Gasteiger partial charge on any atom is -0.481 e. The van der Waals surface area contributed by atoms with E-state index in [1.165, 1.54) is 11.8 Å². The van der Waals surface area contributed by atoms with Crippen LogP contribution in [0.4, 0.5) is 0 Å². The fourth-order valence-electron chi connectivity index (χ4n) is 2.38. The van der Waals surface area contributed by atoms with Crippen LogP contribution in [0, 0.1) is 19.8 Å². The van der Waals surface area contributed by atoms with E-state index >= 15 is 0 Å². The van der Waals surface area contributed by atoms with Gasteiger partial charge in [0.25, 0.3) is 0 Å². The van der Waals surface area contributed by atoms with E-state index in [2.05, 4.69) is 9.97 Å². The van der Waals surface area contributed by atoms with Crippen molar-refractivity contribution in [3.63, 3.8) is 0 Å². The number of nitrogens with zero attached hydrogens (tertiary/aromatic N) is 3. The zero-order valence-corrected chi connectivity index (χ0v) is 13.0. The number of aliphatic carboxylic acids is 1. The lowest BCUT2D eigenvalue weighted by Crippen LogP contribution is -2.43. The summed E-state index contributed by atoms with van der Waals surface area (Å²) in [5, 5.41) is 9.63. The Labute approximate surface area is 128 Å². The van der Waals surface area contributed by atoms with Gasteiger partial charge in [0.15, 0.2) is 5.16 Å². The number of carbonyl (C=O) groups excluding carboxylic acids is 1. The first-order chi connectivity index (χ1) is 9.95. The van der Waals surface area contributed by atoms with Gasteiger partial charge in [0, 0.05) is 24.5 Å². The summed E-state index contributed by atoms with van der Waals surface area (Å²) in [7, 11) is 0. The number of carboxylic acid groups (broad SMARTS) is 1. The van der Waals surface area contributed by atoms with Crippen LogP contribution in [-0.4, -0.2) is 50.7 Å². The Balaban J connectivity index is 1.90. The van der Waals surface area contributed by atoms with E-state index in [0.29, 0.717) is 24.7 Å². The van der Waals surface area contributed by atoms with E-state index in [1.54, 1.807) is 4.90 Å². The van der Waals surface area contributed by atoms with Crippen molar-refractivity contribution >= 4 is 23.6 Å². The third-order valence-corrected chi connectivity index (χ3v) is 4.24. The molecule has 0 aliphatic carbocycles. The number of aromatic nitrogens is 2. The Morgan fingerprint density at radius 2 is 2.05 bits per heavy atom. The van der Waals surface area contributed by atoms with Crippen molar-refractivity contribution in [1.29, 1.82) is 0 Å². The number of carbonyl (C=O) groups is 2. The maximum atomic E-state index is 12.2. The lowest BCUT2D eigenvalue weighted by molar-refractivity contribution is -0.145. The first kappa shape index (κ1) is 15.8. The summed E-state index contributed by atoms with van der Waals surface area (Å²) in [6.07, 6.45) is 1.39. The molecule has 1 aromatic rings.